The molecule has 0 bridgehead atoms. The number of hydrogen-bond acceptors (Lipinski definition) is 1. The van der Waals surface area contributed by atoms with Gasteiger partial charge in [0, 0.05) is 0 Å². The van der Waals surface area contributed by atoms with Crippen LogP contribution in [-0.4, -0.2) is 11.1 Å². The molecule has 2 heteroatoms. The van der Waals surface area contributed by atoms with E-state index in [1.165, 1.54) is 17.5 Å². The number of hydrogen-bond donors (Lipinski definition) is 1. The second kappa shape index (κ2) is 5.72. The third-order valence-corrected chi connectivity index (χ3v) is 4.38. The molecule has 0 fully saturated rings. The number of aliphatic carboxylic acids is 1. The van der Waals surface area contributed by atoms with E-state index in [4.69, 9.17) is 0 Å². The highest BCUT2D eigenvalue weighted by Gasteiger charge is 2.21. The topological polar surface area (TPSA) is 37.3 Å². The fraction of sp³-hybridized carbons (Fsp3) is 0.316. The molecule has 2 nitrogen and oxygen atoms in total. The van der Waals surface area contributed by atoms with E-state index in [1.54, 1.807) is 0 Å². The van der Waals surface area contributed by atoms with Gasteiger partial charge >= 0.3 is 5.97 Å². The number of aryl methyl sites for hydroxylation is 3. The Bertz CT molecular complexity index is 656. The van der Waals surface area contributed by atoms with Gasteiger partial charge in [0.15, 0.2) is 0 Å². The summed E-state index contributed by atoms with van der Waals surface area (Å²) in [5.74, 6) is -1.22. The Morgan fingerprint density at radius 3 is 2.52 bits per heavy atom. The van der Waals surface area contributed by atoms with Crippen molar-refractivity contribution in [2.45, 2.75) is 38.5 Å². The molecule has 0 amide bonds. The van der Waals surface area contributed by atoms with Gasteiger partial charge in [0.25, 0.3) is 0 Å². The molecule has 2 aromatic carbocycles. The van der Waals surface area contributed by atoms with Crippen LogP contribution < -0.4 is 0 Å². The molecule has 3 rings (SSSR count). The van der Waals surface area contributed by atoms with E-state index in [9.17, 15) is 9.90 Å². The van der Waals surface area contributed by atoms with E-state index in [-0.39, 0.29) is 0 Å². The summed E-state index contributed by atoms with van der Waals surface area (Å²) in [5.41, 5.74) is 6.00. The summed E-state index contributed by atoms with van der Waals surface area (Å²) in [7, 11) is 0. The van der Waals surface area contributed by atoms with E-state index in [0.717, 1.165) is 29.5 Å². The number of carboxylic acid groups (broad SMARTS) is 1. The lowest BCUT2D eigenvalue weighted by Crippen LogP contribution is -2.14. The van der Waals surface area contributed by atoms with Crippen molar-refractivity contribution < 1.29 is 9.90 Å². The van der Waals surface area contributed by atoms with Gasteiger partial charge in [-0.05, 0) is 54.9 Å². The minimum Gasteiger partial charge on any atom is -0.481 e. The van der Waals surface area contributed by atoms with Crippen LogP contribution in [0.2, 0.25) is 0 Å². The predicted octanol–water partition coefficient (Wildman–Crippen LogP) is 3.89. The molecule has 1 atom stereocenters. The van der Waals surface area contributed by atoms with Crippen LogP contribution in [0.25, 0.3) is 0 Å². The second-order valence-electron chi connectivity index (χ2n) is 5.96. The zero-order valence-corrected chi connectivity index (χ0v) is 12.3. The molecule has 2 aromatic rings. The lowest BCUT2D eigenvalue weighted by atomic mass is 9.90. The van der Waals surface area contributed by atoms with Gasteiger partial charge in [-0.2, -0.15) is 0 Å². The number of benzene rings is 2. The third kappa shape index (κ3) is 2.99. The molecule has 0 spiro atoms. The van der Waals surface area contributed by atoms with E-state index < -0.39 is 11.9 Å². The molecular formula is C19H20O2. The SMILES string of the molecule is Cc1ccc(C(Cc2ccc3c(c2)CCC3)C(=O)O)cc1. The van der Waals surface area contributed by atoms with Crippen molar-refractivity contribution in [3.63, 3.8) is 0 Å². The molecule has 0 saturated heterocycles. The molecule has 1 aliphatic carbocycles. The summed E-state index contributed by atoms with van der Waals surface area (Å²) in [6.45, 7) is 2.01. The molecule has 0 aromatic heterocycles. The molecular weight excluding hydrogens is 260 g/mol. The maximum absolute atomic E-state index is 11.6. The highest BCUT2D eigenvalue weighted by molar-refractivity contribution is 5.76. The van der Waals surface area contributed by atoms with Crippen molar-refractivity contribution in [2.24, 2.45) is 0 Å². The average molecular weight is 280 g/mol. The van der Waals surface area contributed by atoms with Gasteiger partial charge < -0.3 is 5.11 Å². The van der Waals surface area contributed by atoms with Crippen molar-refractivity contribution in [3.05, 3.63) is 70.3 Å². The Balaban J connectivity index is 1.85. The minimum absolute atomic E-state index is 0.468. The molecule has 0 radical (unpaired) electrons. The van der Waals surface area contributed by atoms with Crippen molar-refractivity contribution in [3.8, 4) is 0 Å². The molecule has 0 heterocycles. The number of carbonyl (C=O) groups is 1. The fourth-order valence-electron chi connectivity index (χ4n) is 3.13. The average Bonchev–Trinajstić information content (AvgIpc) is 2.93. The first-order valence-corrected chi connectivity index (χ1v) is 7.53. The minimum atomic E-state index is -0.751. The molecule has 108 valence electrons. The van der Waals surface area contributed by atoms with Crippen LogP contribution in [0.3, 0.4) is 0 Å². The lowest BCUT2D eigenvalue weighted by Gasteiger charge is -2.14. The van der Waals surface area contributed by atoms with E-state index in [2.05, 4.69) is 18.2 Å². The summed E-state index contributed by atoms with van der Waals surface area (Å²) in [6, 6.07) is 14.3. The van der Waals surface area contributed by atoms with Crippen LogP contribution in [0.15, 0.2) is 42.5 Å². The maximum atomic E-state index is 11.6. The molecule has 1 N–H and O–H groups in total. The van der Waals surface area contributed by atoms with Crippen LogP contribution in [0.1, 0.15) is 40.2 Å². The van der Waals surface area contributed by atoms with Crippen LogP contribution in [0.4, 0.5) is 0 Å². The first-order valence-electron chi connectivity index (χ1n) is 7.53. The first-order chi connectivity index (χ1) is 10.1. The summed E-state index contributed by atoms with van der Waals surface area (Å²) in [5, 5.41) is 9.55. The maximum Gasteiger partial charge on any atom is 0.311 e. The molecule has 0 aliphatic heterocycles. The molecule has 21 heavy (non-hydrogen) atoms. The van der Waals surface area contributed by atoms with E-state index >= 15 is 0 Å². The van der Waals surface area contributed by atoms with Crippen LogP contribution in [-0.2, 0) is 24.1 Å². The summed E-state index contributed by atoms with van der Waals surface area (Å²) in [6.07, 6.45) is 4.08. The monoisotopic (exact) mass is 280 g/mol. The van der Waals surface area contributed by atoms with Crippen LogP contribution in [0.5, 0.6) is 0 Å². The lowest BCUT2D eigenvalue weighted by molar-refractivity contribution is -0.138. The number of rotatable bonds is 4. The Labute approximate surface area is 125 Å². The van der Waals surface area contributed by atoms with Gasteiger partial charge in [-0.1, -0.05) is 48.0 Å². The Morgan fingerprint density at radius 2 is 1.81 bits per heavy atom. The highest BCUT2D eigenvalue weighted by atomic mass is 16.4. The zero-order chi connectivity index (χ0) is 14.8. The third-order valence-electron chi connectivity index (χ3n) is 4.38. The van der Waals surface area contributed by atoms with Gasteiger partial charge in [0.1, 0.15) is 0 Å². The second-order valence-corrected chi connectivity index (χ2v) is 5.96. The van der Waals surface area contributed by atoms with Crippen molar-refractivity contribution in [1.29, 1.82) is 0 Å². The summed E-state index contributed by atoms with van der Waals surface area (Å²) in [4.78, 5) is 11.6. The smallest absolute Gasteiger partial charge is 0.311 e. The fourth-order valence-corrected chi connectivity index (χ4v) is 3.13. The van der Waals surface area contributed by atoms with Crippen LogP contribution >= 0.6 is 0 Å². The Hall–Kier alpha value is -2.09. The van der Waals surface area contributed by atoms with Gasteiger partial charge in [-0.15, -0.1) is 0 Å². The number of fused-ring (bicyclic) bond motifs is 1. The van der Waals surface area contributed by atoms with Crippen molar-refractivity contribution >= 4 is 5.97 Å². The van der Waals surface area contributed by atoms with Gasteiger partial charge in [0.2, 0.25) is 0 Å². The largest absolute Gasteiger partial charge is 0.481 e. The molecule has 1 unspecified atom stereocenters. The highest BCUT2D eigenvalue weighted by Crippen LogP contribution is 2.27. The summed E-state index contributed by atoms with van der Waals surface area (Å²) >= 11 is 0. The van der Waals surface area contributed by atoms with Gasteiger partial charge in [-0.25, -0.2) is 0 Å². The van der Waals surface area contributed by atoms with E-state index in [1.807, 2.05) is 31.2 Å². The van der Waals surface area contributed by atoms with Gasteiger partial charge in [-0.3, -0.25) is 4.79 Å². The van der Waals surface area contributed by atoms with Crippen molar-refractivity contribution in [2.75, 3.05) is 0 Å². The summed E-state index contributed by atoms with van der Waals surface area (Å²) < 4.78 is 0. The quantitative estimate of drug-likeness (QED) is 0.922. The van der Waals surface area contributed by atoms with Gasteiger partial charge in [0.05, 0.1) is 5.92 Å². The Kier molecular flexibility index (Phi) is 3.78. The predicted molar refractivity (Wildman–Crippen MR) is 83.7 cm³/mol. The first kappa shape index (κ1) is 13.9. The van der Waals surface area contributed by atoms with Crippen molar-refractivity contribution in [1.82, 2.24) is 0 Å². The number of carboxylic acids is 1. The molecule has 1 aliphatic rings. The Morgan fingerprint density at radius 1 is 1.10 bits per heavy atom. The van der Waals surface area contributed by atoms with E-state index in [0.29, 0.717) is 6.42 Å². The standard InChI is InChI=1S/C19H20O2/c1-13-5-8-16(9-6-13)18(19(20)21)12-14-7-10-15-3-2-4-17(15)11-14/h5-11,18H,2-4,12H2,1H3,(H,20,21). The molecule has 0 saturated carbocycles. The zero-order valence-electron chi connectivity index (χ0n) is 12.3. The normalized spacial score (nSPS) is 14.7. The van der Waals surface area contributed by atoms with Crippen LogP contribution in [0, 0.1) is 6.92 Å².